The predicted molar refractivity (Wildman–Crippen MR) is 124 cm³/mol. The van der Waals surface area contributed by atoms with E-state index < -0.39 is 0 Å². The molecule has 0 aliphatic carbocycles. The number of fused-ring (bicyclic) bond motifs is 2. The maximum Gasteiger partial charge on any atom is 0.0485 e. The van der Waals surface area contributed by atoms with Crippen molar-refractivity contribution in [2.24, 2.45) is 0 Å². The molecule has 8 aromatic rings. The molecule has 0 radical (unpaired) electrons. The normalized spacial score (nSPS) is 13.4. The maximum atomic E-state index is 6.57. The van der Waals surface area contributed by atoms with Gasteiger partial charge in [-0.15, -0.1) is 0 Å². The molecule has 0 aliphatic rings. The highest BCUT2D eigenvalue weighted by Gasteiger charge is 2.24. The van der Waals surface area contributed by atoms with Gasteiger partial charge in [0.05, 0.1) is 0 Å². The molecule has 0 unspecified atom stereocenters. The average Bonchev–Trinajstić information content (AvgIpc) is 3.22. The summed E-state index contributed by atoms with van der Waals surface area (Å²) in [6.07, 6.45) is 0. The molecule has 0 bridgehead atoms. The van der Waals surface area contributed by atoms with Crippen LogP contribution in [0.4, 0.5) is 0 Å². The van der Waals surface area contributed by atoms with E-state index in [0.717, 1.165) is 20.8 Å². The van der Waals surface area contributed by atoms with Crippen LogP contribution in [-0.4, -0.2) is 0 Å². The van der Waals surface area contributed by atoms with Crippen LogP contribution in [0.15, 0.2) is 60.7 Å². The Hall–Kier alpha value is -2.80. The predicted octanol–water partition coefficient (Wildman–Crippen LogP) is 8.82. The Bertz CT molecular complexity index is 1740. The zero-order valence-corrected chi connectivity index (χ0v) is 16.0. The third-order valence-electron chi connectivity index (χ3n) is 6.79. The molecular weight excluding hydrogens is 383 g/mol. The van der Waals surface area contributed by atoms with Gasteiger partial charge < -0.3 is 0 Å². The van der Waals surface area contributed by atoms with Crippen LogP contribution < -0.4 is 0 Å². The van der Waals surface area contributed by atoms with Crippen LogP contribution in [-0.2, 0) is 0 Å². The van der Waals surface area contributed by atoms with Crippen molar-refractivity contribution >= 4 is 98.6 Å². The Labute approximate surface area is 169 Å². The topological polar surface area (TPSA) is 0 Å². The largest absolute Gasteiger partial charge is 0.0837 e. The fourth-order valence-electron chi connectivity index (χ4n) is 5.75. The fourth-order valence-corrected chi connectivity index (χ4v) is 6.19. The van der Waals surface area contributed by atoms with Gasteiger partial charge in [0.15, 0.2) is 0 Å². The third-order valence-corrected chi connectivity index (χ3v) is 7.45. The average molecular weight is 393 g/mol. The van der Waals surface area contributed by atoms with Crippen molar-refractivity contribution in [3.63, 3.8) is 0 Å². The molecule has 0 saturated carbocycles. The van der Waals surface area contributed by atoms with Crippen molar-refractivity contribution in [3.05, 3.63) is 70.7 Å². The van der Waals surface area contributed by atoms with Crippen LogP contribution in [0.25, 0.3) is 75.4 Å². The second kappa shape index (κ2) is 4.27. The van der Waals surface area contributed by atoms with Gasteiger partial charge >= 0.3 is 0 Å². The second-order valence-corrected chi connectivity index (χ2v) is 8.78. The van der Waals surface area contributed by atoms with Gasteiger partial charge in [-0.3, -0.25) is 0 Å². The lowest BCUT2D eigenvalue weighted by atomic mass is 9.96. The summed E-state index contributed by atoms with van der Waals surface area (Å²) < 4.78 is 0. The minimum Gasteiger partial charge on any atom is -0.0837 e. The van der Waals surface area contributed by atoms with Gasteiger partial charge in [-0.25, -0.2) is 0 Å². The van der Waals surface area contributed by atoms with E-state index in [9.17, 15) is 0 Å². The Morgan fingerprint density at radius 3 is 1.25 bits per heavy atom. The summed E-state index contributed by atoms with van der Waals surface area (Å²) in [4.78, 5) is 0. The molecule has 0 amide bonds. The number of rotatable bonds is 0. The summed E-state index contributed by atoms with van der Waals surface area (Å²) in [7, 11) is 0. The van der Waals surface area contributed by atoms with Crippen molar-refractivity contribution in [3.8, 4) is 0 Å². The number of hydrogen-bond acceptors (Lipinski definition) is 0. The second-order valence-electron chi connectivity index (χ2n) is 7.96. The van der Waals surface area contributed by atoms with E-state index in [4.69, 9.17) is 23.2 Å². The monoisotopic (exact) mass is 392 g/mol. The van der Waals surface area contributed by atoms with E-state index in [1.807, 2.05) is 12.1 Å². The zero-order valence-electron chi connectivity index (χ0n) is 14.5. The summed E-state index contributed by atoms with van der Waals surface area (Å²) in [5.74, 6) is 0. The minimum atomic E-state index is 0.822. The van der Waals surface area contributed by atoms with E-state index in [1.54, 1.807) is 0 Å². The van der Waals surface area contributed by atoms with Crippen molar-refractivity contribution in [1.82, 2.24) is 0 Å². The Kier molecular flexibility index (Phi) is 2.17. The third kappa shape index (κ3) is 1.32. The Morgan fingerprint density at radius 1 is 0.357 bits per heavy atom. The standard InChI is InChI=1S/C26H10Cl2/c27-19-7-5-14-18-10-12-2-4-16-20(28)8-6-13-17-9-11-1-3-15(19)23(14)21(11)25(18)26(17)22(12)24(13)16/h1-10H. The van der Waals surface area contributed by atoms with Gasteiger partial charge in [0.2, 0.25) is 0 Å². The SMILES string of the molecule is Clc1ccc2c3cc4ccc5c(Cl)ccc6c7cc8ccc1c2c8c3c7c4c56. The quantitative estimate of drug-likeness (QED) is 0.226. The van der Waals surface area contributed by atoms with Crippen molar-refractivity contribution in [2.75, 3.05) is 0 Å². The highest BCUT2D eigenvalue weighted by atomic mass is 35.5. The Balaban J connectivity index is 1.89. The summed E-state index contributed by atoms with van der Waals surface area (Å²) >= 11 is 13.1. The summed E-state index contributed by atoms with van der Waals surface area (Å²) in [5.41, 5.74) is 0. The molecule has 8 rings (SSSR count). The number of benzene rings is 6. The van der Waals surface area contributed by atoms with E-state index in [0.29, 0.717) is 0 Å². The van der Waals surface area contributed by atoms with Crippen molar-refractivity contribution in [2.45, 2.75) is 0 Å². The molecule has 0 aromatic heterocycles. The maximum absolute atomic E-state index is 6.57. The van der Waals surface area contributed by atoms with Gasteiger partial charge in [-0.2, -0.15) is 0 Å². The van der Waals surface area contributed by atoms with Crippen LogP contribution >= 0.6 is 23.2 Å². The van der Waals surface area contributed by atoms with Crippen molar-refractivity contribution in [1.29, 1.82) is 0 Å². The van der Waals surface area contributed by atoms with Crippen LogP contribution in [0.1, 0.15) is 0 Å². The molecule has 0 atom stereocenters. The highest BCUT2D eigenvalue weighted by Crippen LogP contribution is 2.53. The van der Waals surface area contributed by atoms with Crippen LogP contribution in [0.3, 0.4) is 0 Å². The Morgan fingerprint density at radius 2 is 0.786 bits per heavy atom. The van der Waals surface area contributed by atoms with Crippen molar-refractivity contribution < 1.29 is 0 Å². The molecule has 28 heavy (non-hydrogen) atoms. The molecule has 0 fully saturated rings. The first-order valence-corrected chi connectivity index (χ1v) is 10.2. The lowest BCUT2D eigenvalue weighted by molar-refractivity contribution is 1.85. The fraction of sp³-hybridized carbons (Fsp3) is 0. The van der Waals surface area contributed by atoms with Crippen LogP contribution in [0, 0.1) is 0 Å². The molecule has 128 valence electrons. The highest BCUT2D eigenvalue weighted by molar-refractivity contribution is 6.52. The van der Waals surface area contributed by atoms with E-state index >= 15 is 0 Å². The number of hydrogen-bond donors (Lipinski definition) is 0. The lowest BCUT2D eigenvalue weighted by Crippen LogP contribution is -1.79. The van der Waals surface area contributed by atoms with Gasteiger partial charge in [-0.1, -0.05) is 59.6 Å². The smallest absolute Gasteiger partial charge is 0.0485 e. The summed E-state index contributed by atoms with van der Waals surface area (Å²) in [5, 5.41) is 19.8. The lowest BCUT2D eigenvalue weighted by Gasteiger charge is -2.07. The van der Waals surface area contributed by atoms with Gasteiger partial charge in [-0.05, 0) is 88.9 Å². The molecule has 0 nitrogen and oxygen atoms in total. The molecule has 0 heterocycles. The molecule has 2 heteroatoms. The zero-order chi connectivity index (χ0) is 18.3. The molecule has 0 aliphatic heterocycles. The summed E-state index contributed by atoms with van der Waals surface area (Å²) in [6.45, 7) is 0. The molecule has 8 aromatic carbocycles. The number of halogens is 2. The molecule has 0 saturated heterocycles. The van der Waals surface area contributed by atoms with Gasteiger partial charge in [0, 0.05) is 20.8 Å². The van der Waals surface area contributed by atoms with Gasteiger partial charge in [0.25, 0.3) is 0 Å². The molecule has 0 N–H and O–H groups in total. The van der Waals surface area contributed by atoms with Crippen LogP contribution in [0.5, 0.6) is 0 Å². The first-order valence-electron chi connectivity index (χ1n) is 9.43. The first-order chi connectivity index (χ1) is 13.7. The van der Waals surface area contributed by atoms with Crippen LogP contribution in [0.2, 0.25) is 10.0 Å². The summed E-state index contributed by atoms with van der Waals surface area (Å²) in [6, 6.07) is 21.9. The molecule has 0 spiro atoms. The first kappa shape index (κ1) is 14.2. The van der Waals surface area contributed by atoms with Gasteiger partial charge in [0.1, 0.15) is 0 Å². The van der Waals surface area contributed by atoms with E-state index in [1.165, 1.54) is 64.6 Å². The van der Waals surface area contributed by atoms with E-state index in [-0.39, 0.29) is 0 Å². The van der Waals surface area contributed by atoms with E-state index in [2.05, 4.69) is 48.5 Å². The minimum absolute atomic E-state index is 0.822. The molecular formula is C26H10Cl2.